The number of hydrogen-bond donors (Lipinski definition) is 0. The molecule has 9 heteroatoms. The Morgan fingerprint density at radius 2 is 2.16 bits per heavy atom. The predicted molar refractivity (Wildman–Crippen MR) is 90.2 cm³/mol. The molecule has 2 saturated heterocycles. The van der Waals surface area contributed by atoms with Crippen LogP contribution in [0.5, 0.6) is 0 Å². The lowest BCUT2D eigenvalue weighted by Gasteiger charge is -2.21. The molecule has 1 spiro atoms. The molecule has 2 aliphatic rings. The molecule has 25 heavy (non-hydrogen) atoms. The van der Waals surface area contributed by atoms with Gasteiger partial charge in [-0.15, -0.1) is 0 Å². The molecule has 4 rings (SSSR count). The van der Waals surface area contributed by atoms with Crippen molar-refractivity contribution < 1.29 is 14.1 Å². The Balaban J connectivity index is 1.57. The van der Waals surface area contributed by atoms with Crippen LogP contribution in [0.15, 0.2) is 10.6 Å². The summed E-state index contributed by atoms with van der Waals surface area (Å²) in [6.07, 6.45) is 0.569. The van der Waals surface area contributed by atoms with Crippen LogP contribution in [0.25, 0.3) is 11.4 Å². The van der Waals surface area contributed by atoms with Gasteiger partial charge in [0.05, 0.1) is 6.54 Å². The van der Waals surface area contributed by atoms with Crippen LogP contribution in [-0.2, 0) is 18.3 Å². The maximum atomic E-state index is 11.7. The van der Waals surface area contributed by atoms with Crippen LogP contribution in [-0.4, -0.2) is 63.1 Å². The number of aromatic nitrogens is 3. The zero-order valence-corrected chi connectivity index (χ0v) is 15.2. The molecule has 0 aliphatic carbocycles. The number of halogens is 1. The number of likely N-dealkylation sites (N-methyl/N-ethyl adjacent to an activating group) is 1. The molecular weight excluding hydrogens is 346 g/mol. The molecule has 0 unspecified atom stereocenters. The van der Waals surface area contributed by atoms with Gasteiger partial charge in [0.1, 0.15) is 27.9 Å². The van der Waals surface area contributed by atoms with Gasteiger partial charge in [0.15, 0.2) is 0 Å². The first-order valence-corrected chi connectivity index (χ1v) is 8.56. The van der Waals surface area contributed by atoms with Crippen LogP contribution in [0.4, 0.5) is 4.79 Å². The van der Waals surface area contributed by atoms with Crippen molar-refractivity contribution in [1.82, 2.24) is 24.7 Å². The van der Waals surface area contributed by atoms with E-state index in [9.17, 15) is 4.79 Å². The van der Waals surface area contributed by atoms with E-state index in [1.807, 2.05) is 13.0 Å². The highest BCUT2D eigenvalue weighted by molar-refractivity contribution is 6.30. The lowest BCUT2D eigenvalue weighted by molar-refractivity contribution is 0.0627. The molecule has 0 aromatic carbocycles. The molecule has 0 radical (unpaired) electrons. The average molecular weight is 366 g/mol. The molecule has 1 atom stereocenters. The van der Waals surface area contributed by atoms with Crippen LogP contribution in [0.2, 0.25) is 5.15 Å². The molecule has 2 aromatic heterocycles. The van der Waals surface area contributed by atoms with Gasteiger partial charge in [0.2, 0.25) is 0 Å². The Kier molecular flexibility index (Phi) is 3.77. The van der Waals surface area contributed by atoms with E-state index in [1.165, 1.54) is 0 Å². The lowest BCUT2D eigenvalue weighted by atomic mass is 10.0. The third-order valence-corrected chi connectivity index (χ3v) is 5.33. The van der Waals surface area contributed by atoms with Gasteiger partial charge < -0.3 is 14.2 Å². The maximum Gasteiger partial charge on any atom is 0.410 e. The van der Waals surface area contributed by atoms with Crippen LogP contribution in [0.1, 0.15) is 17.7 Å². The quantitative estimate of drug-likeness (QED) is 0.828. The van der Waals surface area contributed by atoms with Crippen molar-refractivity contribution in [2.45, 2.75) is 25.5 Å². The van der Waals surface area contributed by atoms with Crippen LogP contribution < -0.4 is 0 Å². The molecule has 0 N–H and O–H groups in total. The standard InChI is InChI=1S/C16H20ClN5O3/c1-10-6-12(19-25-10)13-11(14(17)21(3)18-13)7-22-5-4-16(9-22)8-20(2)15(23)24-16/h6H,4-5,7-9H2,1-3H3/t16-/m0/s1. The summed E-state index contributed by atoms with van der Waals surface area (Å²) in [5.41, 5.74) is 1.90. The van der Waals surface area contributed by atoms with Gasteiger partial charge in [-0.1, -0.05) is 16.8 Å². The number of nitrogens with zero attached hydrogens (tertiary/aromatic N) is 5. The molecule has 2 aromatic rings. The Bertz CT molecular complexity index is 832. The van der Waals surface area contributed by atoms with Crippen molar-refractivity contribution in [2.75, 3.05) is 26.7 Å². The van der Waals surface area contributed by atoms with Crippen molar-refractivity contribution >= 4 is 17.7 Å². The Morgan fingerprint density at radius 1 is 1.36 bits per heavy atom. The van der Waals surface area contributed by atoms with E-state index in [4.69, 9.17) is 20.9 Å². The van der Waals surface area contributed by atoms with Crippen molar-refractivity contribution in [1.29, 1.82) is 0 Å². The Hall–Kier alpha value is -2.06. The molecular formula is C16H20ClN5O3. The van der Waals surface area contributed by atoms with Crippen LogP contribution in [0, 0.1) is 6.92 Å². The summed E-state index contributed by atoms with van der Waals surface area (Å²) in [4.78, 5) is 15.6. The number of carbonyl (C=O) groups is 1. The van der Waals surface area contributed by atoms with Crippen LogP contribution >= 0.6 is 11.6 Å². The zero-order valence-electron chi connectivity index (χ0n) is 14.5. The summed E-state index contributed by atoms with van der Waals surface area (Å²) in [6.45, 7) is 4.61. The number of ether oxygens (including phenoxy) is 1. The summed E-state index contributed by atoms with van der Waals surface area (Å²) in [5, 5.41) is 9.13. The fourth-order valence-electron chi connectivity index (χ4n) is 3.66. The molecule has 2 aliphatic heterocycles. The number of amides is 1. The van der Waals surface area contributed by atoms with E-state index in [2.05, 4.69) is 15.2 Å². The normalized spacial score (nSPS) is 23.8. The molecule has 4 heterocycles. The maximum absolute atomic E-state index is 11.7. The van der Waals surface area contributed by atoms with E-state index in [0.29, 0.717) is 30.5 Å². The number of hydrogen-bond acceptors (Lipinski definition) is 6. The first-order valence-electron chi connectivity index (χ1n) is 8.18. The minimum atomic E-state index is -0.412. The smallest absolute Gasteiger partial charge is 0.410 e. The third-order valence-electron chi connectivity index (χ3n) is 4.86. The van der Waals surface area contributed by atoms with E-state index in [0.717, 1.165) is 30.0 Å². The summed E-state index contributed by atoms with van der Waals surface area (Å²) in [7, 11) is 3.57. The van der Waals surface area contributed by atoms with Crippen molar-refractivity contribution in [3.05, 3.63) is 22.5 Å². The van der Waals surface area contributed by atoms with Crippen LogP contribution in [0.3, 0.4) is 0 Å². The second-order valence-electron chi connectivity index (χ2n) is 6.93. The number of carbonyl (C=O) groups excluding carboxylic acids is 1. The molecule has 0 saturated carbocycles. The van der Waals surface area contributed by atoms with E-state index >= 15 is 0 Å². The Labute approximate surface area is 150 Å². The van der Waals surface area contributed by atoms with Gasteiger partial charge in [0, 0.05) is 51.8 Å². The second-order valence-corrected chi connectivity index (χ2v) is 7.29. The molecule has 8 nitrogen and oxygen atoms in total. The second kappa shape index (κ2) is 5.74. The summed E-state index contributed by atoms with van der Waals surface area (Å²) in [5.74, 6) is 0.726. The first kappa shape index (κ1) is 16.4. The van der Waals surface area contributed by atoms with E-state index in [-0.39, 0.29) is 6.09 Å². The number of aryl methyl sites for hydroxylation is 2. The van der Waals surface area contributed by atoms with Crippen molar-refractivity contribution in [3.63, 3.8) is 0 Å². The zero-order chi connectivity index (χ0) is 17.8. The van der Waals surface area contributed by atoms with Crippen molar-refractivity contribution in [2.24, 2.45) is 7.05 Å². The lowest BCUT2D eigenvalue weighted by Crippen LogP contribution is -2.37. The average Bonchev–Trinajstić information content (AvgIpc) is 3.27. The van der Waals surface area contributed by atoms with E-state index in [1.54, 1.807) is 23.7 Å². The third kappa shape index (κ3) is 2.79. The highest BCUT2D eigenvalue weighted by Crippen LogP contribution is 2.35. The summed E-state index contributed by atoms with van der Waals surface area (Å²) < 4.78 is 12.4. The monoisotopic (exact) mass is 365 g/mol. The Morgan fingerprint density at radius 3 is 2.80 bits per heavy atom. The van der Waals surface area contributed by atoms with Gasteiger partial charge in [-0.2, -0.15) is 5.10 Å². The van der Waals surface area contributed by atoms with Gasteiger partial charge in [-0.25, -0.2) is 4.79 Å². The van der Waals surface area contributed by atoms with Gasteiger partial charge >= 0.3 is 6.09 Å². The minimum Gasteiger partial charge on any atom is -0.439 e. The van der Waals surface area contributed by atoms with Gasteiger partial charge in [0.25, 0.3) is 0 Å². The fourth-order valence-corrected chi connectivity index (χ4v) is 3.85. The first-order chi connectivity index (χ1) is 11.9. The minimum absolute atomic E-state index is 0.250. The molecule has 1 amide bonds. The highest BCUT2D eigenvalue weighted by atomic mass is 35.5. The summed E-state index contributed by atoms with van der Waals surface area (Å²) >= 11 is 6.47. The fraction of sp³-hybridized carbons (Fsp3) is 0.562. The molecule has 0 bridgehead atoms. The SMILES string of the molecule is Cc1cc(-c2nn(C)c(Cl)c2CN2CC[C@@]3(C2)CN(C)C(=O)O3)no1. The van der Waals surface area contributed by atoms with Gasteiger partial charge in [-0.05, 0) is 6.92 Å². The topological polar surface area (TPSA) is 76.6 Å². The molecule has 134 valence electrons. The molecule has 2 fully saturated rings. The number of rotatable bonds is 3. The van der Waals surface area contributed by atoms with E-state index < -0.39 is 5.60 Å². The van der Waals surface area contributed by atoms with Gasteiger partial charge in [-0.3, -0.25) is 9.58 Å². The largest absolute Gasteiger partial charge is 0.439 e. The van der Waals surface area contributed by atoms with Crippen molar-refractivity contribution in [3.8, 4) is 11.4 Å². The predicted octanol–water partition coefficient (Wildman–Crippen LogP) is 2.06. The summed E-state index contributed by atoms with van der Waals surface area (Å²) in [6, 6.07) is 1.85. The highest BCUT2D eigenvalue weighted by Gasteiger charge is 2.48. The number of likely N-dealkylation sites (tertiary alicyclic amines) is 1.